The Bertz CT molecular complexity index is 303. The predicted octanol–water partition coefficient (Wildman–Crippen LogP) is 6.86. The molecule has 0 aliphatic heterocycles. The topological polar surface area (TPSA) is 15.8 Å². The molecule has 0 saturated heterocycles. The van der Waals surface area contributed by atoms with Crippen molar-refractivity contribution in [3.05, 3.63) is 35.7 Å². The van der Waals surface area contributed by atoms with E-state index in [2.05, 4.69) is 37.6 Å². The zero-order valence-corrected chi connectivity index (χ0v) is 14.4. The van der Waals surface area contributed by atoms with E-state index in [1.807, 2.05) is 53.7 Å². The van der Waals surface area contributed by atoms with Gasteiger partial charge in [-0.05, 0) is 31.6 Å². The van der Waals surface area contributed by atoms with Crippen LogP contribution in [0.2, 0.25) is 0 Å². The third-order valence-electron chi connectivity index (χ3n) is 2.07. The molecule has 1 heterocycles. The van der Waals surface area contributed by atoms with Crippen molar-refractivity contribution in [2.45, 2.75) is 68.2 Å². The van der Waals surface area contributed by atoms with Gasteiger partial charge in [0.2, 0.25) is 0 Å². The van der Waals surface area contributed by atoms with Gasteiger partial charge in [0.05, 0.1) is 0 Å². The molecular weight excluding hydrogens is 230 g/mol. The molecule has 1 nitrogen and oxygen atoms in total. The van der Waals surface area contributed by atoms with Crippen LogP contribution in [-0.2, 0) is 0 Å². The Morgan fingerprint density at radius 3 is 1.89 bits per heavy atom. The van der Waals surface area contributed by atoms with Gasteiger partial charge in [0, 0.05) is 11.4 Å². The molecule has 0 unspecified atom stereocenters. The molecule has 1 rings (SSSR count). The second-order valence-corrected chi connectivity index (χ2v) is 3.53. The van der Waals surface area contributed by atoms with Crippen LogP contribution in [0.4, 0.5) is 0 Å². The van der Waals surface area contributed by atoms with E-state index in [9.17, 15) is 0 Å². The minimum atomic E-state index is 1.10. The molecule has 112 valence electrons. The smallest absolute Gasteiger partial charge is 0.0449 e. The van der Waals surface area contributed by atoms with Gasteiger partial charge in [-0.15, -0.1) is 0 Å². The monoisotopic (exact) mass is 265 g/mol. The van der Waals surface area contributed by atoms with E-state index in [0.717, 1.165) is 5.69 Å². The van der Waals surface area contributed by atoms with Crippen molar-refractivity contribution in [3.63, 3.8) is 0 Å². The molecular formula is C18H35N. The highest BCUT2D eigenvalue weighted by Crippen LogP contribution is 2.12. The van der Waals surface area contributed by atoms with Crippen LogP contribution in [0.1, 0.15) is 78.3 Å². The number of aryl methyl sites for hydroxylation is 1. The van der Waals surface area contributed by atoms with Crippen LogP contribution < -0.4 is 0 Å². The van der Waals surface area contributed by atoms with Crippen molar-refractivity contribution in [1.82, 2.24) is 4.98 Å². The molecule has 1 aromatic rings. The number of nitrogens with one attached hydrogen (secondary N) is 1. The summed E-state index contributed by atoms with van der Waals surface area (Å²) in [4.78, 5) is 3.21. The van der Waals surface area contributed by atoms with Crippen LogP contribution in [0.3, 0.4) is 0 Å². The minimum absolute atomic E-state index is 1.10. The van der Waals surface area contributed by atoms with E-state index in [-0.39, 0.29) is 0 Å². The van der Waals surface area contributed by atoms with E-state index in [1.54, 1.807) is 0 Å². The molecule has 0 aliphatic carbocycles. The highest BCUT2D eigenvalue weighted by atomic mass is 14.7. The normalized spacial score (nSPS) is 8.42. The lowest BCUT2D eigenvalue weighted by molar-refractivity contribution is 0.886. The summed E-state index contributed by atoms with van der Waals surface area (Å²) in [5.74, 6) is 0. The summed E-state index contributed by atoms with van der Waals surface area (Å²) in [6, 6.07) is 2.11. The highest BCUT2D eigenvalue weighted by molar-refractivity contribution is 5.62. The fourth-order valence-corrected chi connectivity index (χ4v) is 1.12. The van der Waals surface area contributed by atoms with Crippen LogP contribution in [0.15, 0.2) is 18.7 Å². The maximum absolute atomic E-state index is 3.72. The number of hydrogen-bond donors (Lipinski definition) is 1. The maximum Gasteiger partial charge on any atom is 0.0449 e. The zero-order chi connectivity index (χ0) is 15.7. The summed E-state index contributed by atoms with van der Waals surface area (Å²) < 4.78 is 0. The SMILES string of the molecule is C=Cc1[nH]c(C)cc1/C=C\C.CC.CC.CCCC. The molecule has 1 aromatic heterocycles. The number of aromatic amines is 1. The molecule has 0 saturated carbocycles. The van der Waals surface area contributed by atoms with E-state index < -0.39 is 0 Å². The summed E-state index contributed by atoms with van der Waals surface area (Å²) in [6.45, 7) is 20.1. The van der Waals surface area contributed by atoms with Gasteiger partial charge in [-0.25, -0.2) is 0 Å². The summed E-state index contributed by atoms with van der Waals surface area (Å²) >= 11 is 0. The lowest BCUT2D eigenvalue weighted by Crippen LogP contribution is -1.73. The third kappa shape index (κ3) is 13.0. The van der Waals surface area contributed by atoms with Crippen molar-refractivity contribution in [3.8, 4) is 0 Å². The minimum Gasteiger partial charge on any atom is -0.359 e. The summed E-state index contributed by atoms with van der Waals surface area (Å²) in [5, 5.41) is 0. The molecule has 1 heteroatoms. The second-order valence-electron chi connectivity index (χ2n) is 3.53. The largest absolute Gasteiger partial charge is 0.359 e. The number of rotatable bonds is 3. The van der Waals surface area contributed by atoms with Crippen LogP contribution in [0.5, 0.6) is 0 Å². The first-order valence-corrected chi connectivity index (χ1v) is 7.64. The molecule has 0 aliphatic rings. The van der Waals surface area contributed by atoms with Gasteiger partial charge < -0.3 is 4.98 Å². The van der Waals surface area contributed by atoms with Crippen LogP contribution in [0.25, 0.3) is 12.2 Å². The predicted molar refractivity (Wildman–Crippen MR) is 93.6 cm³/mol. The van der Waals surface area contributed by atoms with Gasteiger partial charge in [0.25, 0.3) is 0 Å². The van der Waals surface area contributed by atoms with E-state index in [4.69, 9.17) is 0 Å². The summed E-state index contributed by atoms with van der Waals surface area (Å²) in [6.07, 6.45) is 8.57. The second kappa shape index (κ2) is 19.1. The molecule has 0 fully saturated rings. The molecule has 19 heavy (non-hydrogen) atoms. The first kappa shape index (κ1) is 22.9. The quantitative estimate of drug-likeness (QED) is 0.614. The third-order valence-corrected chi connectivity index (χ3v) is 2.07. The zero-order valence-electron chi connectivity index (χ0n) is 14.4. The Morgan fingerprint density at radius 2 is 1.58 bits per heavy atom. The lowest BCUT2D eigenvalue weighted by Gasteiger charge is -1.88. The summed E-state index contributed by atoms with van der Waals surface area (Å²) in [5.41, 5.74) is 3.48. The van der Waals surface area contributed by atoms with Gasteiger partial charge in [0.15, 0.2) is 0 Å². The summed E-state index contributed by atoms with van der Waals surface area (Å²) in [7, 11) is 0. The first-order valence-electron chi connectivity index (χ1n) is 7.64. The molecule has 0 bridgehead atoms. The molecule has 0 aromatic carbocycles. The Hall–Kier alpha value is -1.24. The van der Waals surface area contributed by atoms with Gasteiger partial charge in [-0.1, -0.05) is 73.1 Å². The number of unbranched alkanes of at least 4 members (excludes halogenated alkanes) is 1. The van der Waals surface area contributed by atoms with E-state index in [1.165, 1.54) is 24.1 Å². The van der Waals surface area contributed by atoms with E-state index in [0.29, 0.717) is 0 Å². The molecule has 0 atom stereocenters. The van der Waals surface area contributed by atoms with Crippen molar-refractivity contribution in [2.24, 2.45) is 0 Å². The first-order chi connectivity index (χ1) is 9.19. The number of hydrogen-bond acceptors (Lipinski definition) is 0. The molecule has 0 radical (unpaired) electrons. The fraction of sp³-hybridized carbons (Fsp3) is 0.556. The lowest BCUT2D eigenvalue weighted by atomic mass is 10.2. The molecule has 1 N–H and O–H groups in total. The average molecular weight is 265 g/mol. The molecule has 0 amide bonds. The highest BCUT2D eigenvalue weighted by Gasteiger charge is 1.97. The van der Waals surface area contributed by atoms with Crippen molar-refractivity contribution < 1.29 is 0 Å². The number of H-pyrrole nitrogens is 1. The van der Waals surface area contributed by atoms with Gasteiger partial charge in [-0.2, -0.15) is 0 Å². The Labute approximate surface area is 121 Å². The Kier molecular flexibility index (Phi) is 23.0. The van der Waals surface area contributed by atoms with Crippen molar-refractivity contribution in [2.75, 3.05) is 0 Å². The average Bonchev–Trinajstić information content (AvgIpc) is 2.84. The maximum atomic E-state index is 3.72. The Balaban J connectivity index is -0.000000271. The van der Waals surface area contributed by atoms with Gasteiger partial charge in [-0.3, -0.25) is 0 Å². The van der Waals surface area contributed by atoms with E-state index >= 15 is 0 Å². The number of aromatic nitrogens is 1. The van der Waals surface area contributed by atoms with Crippen LogP contribution in [0, 0.1) is 6.92 Å². The molecule has 0 spiro atoms. The van der Waals surface area contributed by atoms with Crippen molar-refractivity contribution >= 4 is 12.2 Å². The van der Waals surface area contributed by atoms with Crippen LogP contribution >= 0.6 is 0 Å². The number of allylic oxidation sites excluding steroid dienone is 1. The van der Waals surface area contributed by atoms with Gasteiger partial charge >= 0.3 is 0 Å². The van der Waals surface area contributed by atoms with Crippen molar-refractivity contribution in [1.29, 1.82) is 0 Å². The fourth-order valence-electron chi connectivity index (χ4n) is 1.12. The van der Waals surface area contributed by atoms with Gasteiger partial charge in [0.1, 0.15) is 0 Å². The Morgan fingerprint density at radius 1 is 1.11 bits per heavy atom. The standard InChI is InChI=1S/C10H13N.C4H10.2C2H6/c1-4-6-9-7-8(3)11-10(9)5-2;1-3-4-2;2*1-2/h4-7,11H,2H2,1,3H3;3-4H2,1-2H3;2*1-2H3/b6-4-;;;. The van der Waals surface area contributed by atoms with Crippen LogP contribution in [-0.4, -0.2) is 4.98 Å².